The lowest BCUT2D eigenvalue weighted by molar-refractivity contribution is -0.135. The van der Waals surface area contributed by atoms with Gasteiger partial charge in [-0.1, -0.05) is 18.2 Å². The zero-order chi connectivity index (χ0) is 30.2. The zero-order valence-electron chi connectivity index (χ0n) is 22.7. The van der Waals surface area contributed by atoms with Crippen LogP contribution in [0.5, 0.6) is 0 Å². The van der Waals surface area contributed by atoms with E-state index in [-0.39, 0.29) is 29.0 Å². The van der Waals surface area contributed by atoms with Gasteiger partial charge in [0, 0.05) is 36.1 Å². The SMILES string of the molecule is CC(C)(O)c1cc(CN(C(=O)C(c2ccc(-c3ccc(F)c(F)c3)cc2F)n2cccn2)[C@@H]2C=CS(=O)(=O)C2)ccn1. The van der Waals surface area contributed by atoms with Gasteiger partial charge in [-0.05, 0) is 73.0 Å². The maximum Gasteiger partial charge on any atom is 0.252 e. The van der Waals surface area contributed by atoms with Crippen molar-refractivity contribution in [2.75, 3.05) is 5.75 Å². The molecule has 1 amide bonds. The van der Waals surface area contributed by atoms with Crippen molar-refractivity contribution in [3.63, 3.8) is 0 Å². The number of benzene rings is 2. The Morgan fingerprint density at radius 2 is 1.76 bits per heavy atom. The Morgan fingerprint density at radius 3 is 2.36 bits per heavy atom. The fourth-order valence-electron chi connectivity index (χ4n) is 4.80. The molecule has 0 saturated heterocycles. The van der Waals surface area contributed by atoms with Crippen molar-refractivity contribution in [3.05, 3.63) is 119 Å². The van der Waals surface area contributed by atoms with Crippen molar-refractivity contribution in [2.45, 2.75) is 38.1 Å². The van der Waals surface area contributed by atoms with E-state index in [1.165, 1.54) is 52.4 Å². The van der Waals surface area contributed by atoms with Gasteiger partial charge in [0.15, 0.2) is 27.5 Å². The van der Waals surface area contributed by atoms with Crippen LogP contribution < -0.4 is 0 Å². The molecule has 0 aliphatic carbocycles. The first-order valence-corrected chi connectivity index (χ1v) is 14.7. The summed E-state index contributed by atoms with van der Waals surface area (Å²) in [7, 11) is -3.57. The van der Waals surface area contributed by atoms with Gasteiger partial charge in [0.25, 0.3) is 5.91 Å². The lowest BCUT2D eigenvalue weighted by atomic mass is 9.98. The van der Waals surface area contributed by atoms with E-state index in [9.17, 15) is 27.1 Å². The van der Waals surface area contributed by atoms with E-state index in [0.29, 0.717) is 11.3 Å². The average Bonchev–Trinajstić information content (AvgIpc) is 3.59. The minimum atomic E-state index is -3.57. The number of aromatic nitrogens is 3. The molecule has 42 heavy (non-hydrogen) atoms. The van der Waals surface area contributed by atoms with E-state index in [0.717, 1.165) is 23.6 Å². The second kappa shape index (κ2) is 11.2. The number of carbonyl (C=O) groups is 1. The Bertz CT molecular complexity index is 1770. The summed E-state index contributed by atoms with van der Waals surface area (Å²) >= 11 is 0. The van der Waals surface area contributed by atoms with Crippen molar-refractivity contribution in [1.82, 2.24) is 19.7 Å². The molecule has 4 aromatic rings. The predicted octanol–water partition coefficient (Wildman–Crippen LogP) is 4.52. The maximum atomic E-state index is 15.8. The Hall–Kier alpha value is -4.29. The number of carbonyl (C=O) groups excluding carboxylic acids is 1. The summed E-state index contributed by atoms with van der Waals surface area (Å²) in [6, 6.07) is 9.82. The zero-order valence-corrected chi connectivity index (χ0v) is 23.5. The monoisotopic (exact) mass is 596 g/mol. The van der Waals surface area contributed by atoms with Gasteiger partial charge in [-0.25, -0.2) is 21.6 Å². The number of hydrogen-bond acceptors (Lipinski definition) is 6. The van der Waals surface area contributed by atoms with E-state index in [1.54, 1.807) is 32.0 Å². The largest absolute Gasteiger partial charge is 0.384 e. The van der Waals surface area contributed by atoms with E-state index >= 15 is 4.39 Å². The van der Waals surface area contributed by atoms with E-state index in [1.807, 2.05) is 0 Å². The fraction of sp³-hybridized carbons (Fsp3) is 0.233. The van der Waals surface area contributed by atoms with Crippen LogP contribution in [0.1, 0.15) is 36.7 Å². The molecular formula is C30H27F3N4O4S. The number of pyridine rings is 1. The minimum Gasteiger partial charge on any atom is -0.384 e. The van der Waals surface area contributed by atoms with Gasteiger partial charge < -0.3 is 10.0 Å². The van der Waals surface area contributed by atoms with Crippen LogP contribution in [0.3, 0.4) is 0 Å². The smallest absolute Gasteiger partial charge is 0.252 e. The lowest BCUT2D eigenvalue weighted by Gasteiger charge is -2.32. The molecule has 2 atom stereocenters. The van der Waals surface area contributed by atoms with E-state index in [2.05, 4.69) is 10.1 Å². The van der Waals surface area contributed by atoms with Gasteiger partial charge >= 0.3 is 0 Å². The first-order valence-electron chi connectivity index (χ1n) is 13.0. The highest BCUT2D eigenvalue weighted by Gasteiger charge is 2.37. The molecule has 1 N–H and O–H groups in total. The number of rotatable bonds is 8. The van der Waals surface area contributed by atoms with E-state index in [4.69, 9.17) is 0 Å². The number of hydrogen-bond donors (Lipinski definition) is 1. The fourth-order valence-corrected chi connectivity index (χ4v) is 6.10. The number of nitrogens with zero attached hydrogens (tertiary/aromatic N) is 4. The Kier molecular flexibility index (Phi) is 7.78. The lowest BCUT2D eigenvalue weighted by Crippen LogP contribution is -2.45. The summed E-state index contributed by atoms with van der Waals surface area (Å²) < 4.78 is 69.0. The van der Waals surface area contributed by atoms with Crippen LogP contribution in [0.15, 0.2) is 84.7 Å². The molecular weight excluding hydrogens is 569 g/mol. The van der Waals surface area contributed by atoms with Gasteiger partial charge in [-0.3, -0.25) is 14.5 Å². The molecule has 0 saturated carbocycles. The number of aliphatic hydroxyl groups is 1. The summed E-state index contributed by atoms with van der Waals surface area (Å²) in [4.78, 5) is 19.9. The molecule has 0 fully saturated rings. The second-order valence-corrected chi connectivity index (χ2v) is 12.5. The van der Waals surface area contributed by atoms with Gasteiger partial charge in [0.05, 0.1) is 17.5 Å². The molecule has 1 aliphatic heterocycles. The Balaban J connectivity index is 1.56. The third-order valence-corrected chi connectivity index (χ3v) is 8.35. The van der Waals surface area contributed by atoms with Crippen LogP contribution >= 0.6 is 0 Å². The number of amides is 1. The van der Waals surface area contributed by atoms with E-state index < -0.39 is 50.9 Å². The summed E-state index contributed by atoms with van der Waals surface area (Å²) in [5.74, 6) is -3.90. The summed E-state index contributed by atoms with van der Waals surface area (Å²) in [5.41, 5.74) is 0.101. The second-order valence-electron chi connectivity index (χ2n) is 10.6. The van der Waals surface area contributed by atoms with Crippen molar-refractivity contribution in [2.24, 2.45) is 0 Å². The summed E-state index contributed by atoms with van der Waals surface area (Å²) in [6.45, 7) is 3.06. The molecule has 1 unspecified atom stereocenters. The van der Waals surface area contributed by atoms with Crippen LogP contribution in [0.4, 0.5) is 13.2 Å². The highest BCUT2D eigenvalue weighted by molar-refractivity contribution is 7.94. The number of sulfone groups is 1. The molecule has 8 nitrogen and oxygen atoms in total. The van der Waals surface area contributed by atoms with Gasteiger partial charge in [-0.15, -0.1) is 0 Å². The van der Waals surface area contributed by atoms with Gasteiger partial charge in [-0.2, -0.15) is 5.10 Å². The topological polar surface area (TPSA) is 105 Å². The van der Waals surface area contributed by atoms with Gasteiger partial charge in [0.1, 0.15) is 11.4 Å². The Morgan fingerprint density at radius 1 is 1.05 bits per heavy atom. The average molecular weight is 597 g/mol. The van der Waals surface area contributed by atoms with Crippen LogP contribution in [-0.4, -0.2) is 50.9 Å². The van der Waals surface area contributed by atoms with Gasteiger partial charge in [0.2, 0.25) is 0 Å². The molecule has 5 rings (SSSR count). The number of halogens is 3. The van der Waals surface area contributed by atoms with Crippen molar-refractivity contribution in [3.8, 4) is 11.1 Å². The van der Waals surface area contributed by atoms with Crippen molar-refractivity contribution >= 4 is 15.7 Å². The molecule has 12 heteroatoms. The minimum absolute atomic E-state index is 0.0585. The molecule has 218 valence electrons. The molecule has 1 aliphatic rings. The van der Waals surface area contributed by atoms with Crippen LogP contribution in [0.2, 0.25) is 0 Å². The highest BCUT2D eigenvalue weighted by atomic mass is 32.2. The Labute approximate surface area is 240 Å². The first kappa shape index (κ1) is 29.2. The predicted molar refractivity (Wildman–Crippen MR) is 149 cm³/mol. The van der Waals surface area contributed by atoms with Crippen LogP contribution in [0.25, 0.3) is 11.1 Å². The summed E-state index contributed by atoms with van der Waals surface area (Å²) in [6.07, 6.45) is 5.81. The third-order valence-electron chi connectivity index (χ3n) is 6.97. The standard InChI is InChI=1S/C30H27F3N4O4S/c1-30(2,39)27-14-19(8-11-34-27)17-36(22-9-13-42(40,41)18-22)29(38)28(37-12-3-10-35-37)23-6-4-20(15-25(23)32)21-5-7-24(31)26(33)16-21/h3-16,22,28,39H,17-18H2,1-2H3/t22-,28?/m1/s1. The normalized spacial score (nSPS) is 16.9. The molecule has 2 aromatic carbocycles. The van der Waals surface area contributed by atoms with Crippen molar-refractivity contribution < 1.29 is 31.5 Å². The molecule has 0 bridgehead atoms. The highest BCUT2D eigenvalue weighted by Crippen LogP contribution is 2.31. The molecule has 3 heterocycles. The van der Waals surface area contributed by atoms with Crippen molar-refractivity contribution in [1.29, 1.82) is 0 Å². The molecule has 0 spiro atoms. The molecule has 2 aromatic heterocycles. The van der Waals surface area contributed by atoms with Crippen LogP contribution in [-0.2, 0) is 26.8 Å². The maximum absolute atomic E-state index is 15.8. The quantitative estimate of drug-likeness (QED) is 0.321. The van der Waals surface area contributed by atoms with Crippen LogP contribution in [0, 0.1) is 17.5 Å². The third kappa shape index (κ3) is 6.14. The summed E-state index contributed by atoms with van der Waals surface area (Å²) in [5, 5.41) is 15.7. The first-order chi connectivity index (χ1) is 19.8. The molecule has 0 radical (unpaired) electrons.